The first-order chi connectivity index (χ1) is 10.2. The van der Waals surface area contributed by atoms with Gasteiger partial charge >= 0.3 is 0 Å². The van der Waals surface area contributed by atoms with Gasteiger partial charge in [0.05, 0.1) is 11.9 Å². The Bertz CT molecular complexity index is 639. The molecule has 1 aliphatic rings. The van der Waals surface area contributed by atoms with Gasteiger partial charge in [-0.2, -0.15) is 4.31 Å². The monoisotopic (exact) mass is 325 g/mol. The fourth-order valence-electron chi connectivity index (χ4n) is 3.23. The molecule has 22 heavy (non-hydrogen) atoms. The van der Waals surface area contributed by atoms with Gasteiger partial charge in [0, 0.05) is 13.1 Å². The molecule has 0 radical (unpaired) electrons. The molecule has 1 aromatic rings. The van der Waals surface area contributed by atoms with Crippen LogP contribution in [0.4, 0.5) is 0 Å². The second-order valence-corrected chi connectivity index (χ2v) is 8.64. The van der Waals surface area contributed by atoms with E-state index >= 15 is 0 Å². The third kappa shape index (κ3) is 3.36. The van der Waals surface area contributed by atoms with Gasteiger partial charge in [0.15, 0.2) is 0 Å². The Morgan fingerprint density at radius 2 is 2.00 bits per heavy atom. The second kappa shape index (κ2) is 6.30. The highest BCUT2D eigenvalue weighted by Crippen LogP contribution is 2.36. The summed E-state index contributed by atoms with van der Waals surface area (Å²) in [5.74, 6) is 0.140. The summed E-state index contributed by atoms with van der Waals surface area (Å²) < 4.78 is 24.9. The summed E-state index contributed by atoms with van der Waals surface area (Å²) >= 11 is 0. The third-order valence-electron chi connectivity index (χ3n) is 4.74. The smallest absolute Gasteiger partial charge is 0.211 e. The number of hydrogen-bond donors (Lipinski definition) is 1. The minimum Gasteiger partial charge on any atom is -0.385 e. The fraction of sp³-hybridized carbons (Fsp3) is 0.647. The Morgan fingerprint density at radius 1 is 1.32 bits per heavy atom. The predicted molar refractivity (Wildman–Crippen MR) is 89.0 cm³/mol. The zero-order valence-corrected chi connectivity index (χ0v) is 14.8. The number of hydrogen-bond acceptors (Lipinski definition) is 3. The van der Waals surface area contributed by atoms with Gasteiger partial charge in [0.2, 0.25) is 10.0 Å². The van der Waals surface area contributed by atoms with Gasteiger partial charge in [-0.1, -0.05) is 45.4 Å². The van der Waals surface area contributed by atoms with Crippen molar-refractivity contribution in [1.29, 1.82) is 0 Å². The van der Waals surface area contributed by atoms with Crippen LogP contribution in [-0.4, -0.2) is 30.6 Å². The molecule has 1 N–H and O–H groups in total. The standard InChI is InChI=1S/C17H27NO3S/c1-5-9-17(19,13(2)3)16-7-6-15-12-18(22(4,20)21)10-8-14(15)11-16/h6-7,11,13,19H,5,8-10,12H2,1-4H3. The molecule has 0 aliphatic carbocycles. The molecule has 4 nitrogen and oxygen atoms in total. The molecule has 0 saturated carbocycles. The fourth-order valence-corrected chi connectivity index (χ4v) is 4.02. The Hall–Kier alpha value is -0.910. The summed E-state index contributed by atoms with van der Waals surface area (Å²) in [7, 11) is -3.15. The van der Waals surface area contributed by atoms with Gasteiger partial charge in [0.1, 0.15) is 0 Å². The highest BCUT2D eigenvalue weighted by molar-refractivity contribution is 7.88. The largest absolute Gasteiger partial charge is 0.385 e. The van der Waals surface area contributed by atoms with Gasteiger partial charge in [0.25, 0.3) is 0 Å². The van der Waals surface area contributed by atoms with Crippen LogP contribution in [0, 0.1) is 5.92 Å². The van der Waals surface area contributed by atoms with Crippen LogP contribution in [0.1, 0.15) is 50.3 Å². The van der Waals surface area contributed by atoms with E-state index in [-0.39, 0.29) is 5.92 Å². The third-order valence-corrected chi connectivity index (χ3v) is 5.99. The van der Waals surface area contributed by atoms with Crippen LogP contribution < -0.4 is 0 Å². The first-order valence-corrected chi connectivity index (χ1v) is 9.83. The SMILES string of the molecule is CCCC(O)(c1ccc2c(c1)CCN(S(C)(=O)=O)C2)C(C)C. The van der Waals surface area contributed by atoms with Crippen LogP contribution in [-0.2, 0) is 28.6 Å². The summed E-state index contributed by atoms with van der Waals surface area (Å²) in [6.07, 6.45) is 3.62. The van der Waals surface area contributed by atoms with E-state index in [1.165, 1.54) is 10.6 Å². The second-order valence-electron chi connectivity index (χ2n) is 6.66. The van der Waals surface area contributed by atoms with Crippen molar-refractivity contribution >= 4 is 10.0 Å². The van der Waals surface area contributed by atoms with E-state index in [4.69, 9.17) is 0 Å². The Labute approximate surface area is 134 Å². The average molecular weight is 325 g/mol. The maximum Gasteiger partial charge on any atom is 0.211 e. The zero-order valence-electron chi connectivity index (χ0n) is 14.0. The molecule has 0 saturated heterocycles. The Balaban J connectivity index is 2.34. The molecule has 2 rings (SSSR count). The molecule has 0 bridgehead atoms. The topological polar surface area (TPSA) is 57.6 Å². The average Bonchev–Trinajstić information content (AvgIpc) is 2.45. The van der Waals surface area contributed by atoms with Gasteiger partial charge < -0.3 is 5.11 Å². The van der Waals surface area contributed by atoms with Crippen molar-refractivity contribution in [1.82, 2.24) is 4.31 Å². The number of benzene rings is 1. The molecule has 0 amide bonds. The van der Waals surface area contributed by atoms with Gasteiger partial charge in [-0.3, -0.25) is 0 Å². The first kappa shape index (κ1) is 17.4. The van der Waals surface area contributed by atoms with Crippen molar-refractivity contribution in [2.24, 2.45) is 5.92 Å². The Kier molecular flexibility index (Phi) is 5.00. The van der Waals surface area contributed by atoms with Gasteiger partial charge in [-0.15, -0.1) is 0 Å². The van der Waals surface area contributed by atoms with Crippen molar-refractivity contribution in [2.45, 2.75) is 52.2 Å². The van der Waals surface area contributed by atoms with Crippen LogP contribution in [0.2, 0.25) is 0 Å². The maximum atomic E-state index is 11.7. The predicted octanol–water partition coefficient (Wildman–Crippen LogP) is 2.65. The van der Waals surface area contributed by atoms with Crippen molar-refractivity contribution in [3.8, 4) is 0 Å². The van der Waals surface area contributed by atoms with Gasteiger partial charge in [-0.05, 0) is 35.4 Å². The first-order valence-electron chi connectivity index (χ1n) is 7.98. The van der Waals surface area contributed by atoms with Crippen molar-refractivity contribution in [3.05, 3.63) is 34.9 Å². The molecule has 1 atom stereocenters. The number of rotatable bonds is 5. The summed E-state index contributed by atoms with van der Waals surface area (Å²) in [6.45, 7) is 7.11. The normalized spacial score (nSPS) is 19.0. The molecule has 0 fully saturated rings. The molecule has 124 valence electrons. The Morgan fingerprint density at radius 3 is 2.55 bits per heavy atom. The summed E-state index contributed by atoms with van der Waals surface area (Å²) in [4.78, 5) is 0. The van der Waals surface area contributed by atoms with E-state index in [9.17, 15) is 13.5 Å². The van der Waals surface area contributed by atoms with E-state index in [0.717, 1.165) is 29.5 Å². The minimum absolute atomic E-state index is 0.140. The summed E-state index contributed by atoms with van der Waals surface area (Å²) in [5, 5.41) is 11.0. The van der Waals surface area contributed by atoms with E-state index in [0.29, 0.717) is 19.5 Å². The highest BCUT2D eigenvalue weighted by atomic mass is 32.2. The molecule has 1 aliphatic heterocycles. The van der Waals surface area contributed by atoms with Gasteiger partial charge in [-0.25, -0.2) is 8.42 Å². The van der Waals surface area contributed by atoms with Crippen molar-refractivity contribution in [3.63, 3.8) is 0 Å². The van der Waals surface area contributed by atoms with Crippen LogP contribution >= 0.6 is 0 Å². The highest BCUT2D eigenvalue weighted by Gasteiger charge is 2.33. The van der Waals surface area contributed by atoms with E-state index < -0.39 is 15.6 Å². The lowest BCUT2D eigenvalue weighted by Crippen LogP contribution is -2.36. The van der Waals surface area contributed by atoms with E-state index in [1.807, 2.05) is 26.0 Å². The molecule has 0 spiro atoms. The van der Waals surface area contributed by atoms with Crippen LogP contribution in [0.25, 0.3) is 0 Å². The molecular formula is C17H27NO3S. The van der Waals surface area contributed by atoms with E-state index in [1.54, 1.807) is 0 Å². The number of sulfonamides is 1. The van der Waals surface area contributed by atoms with Crippen LogP contribution in [0.15, 0.2) is 18.2 Å². The lowest BCUT2D eigenvalue weighted by atomic mass is 9.78. The van der Waals surface area contributed by atoms with Crippen LogP contribution in [0.5, 0.6) is 0 Å². The van der Waals surface area contributed by atoms with Crippen molar-refractivity contribution < 1.29 is 13.5 Å². The lowest BCUT2D eigenvalue weighted by molar-refractivity contribution is -0.0192. The zero-order chi connectivity index (χ0) is 16.5. The summed E-state index contributed by atoms with van der Waals surface area (Å²) in [6, 6.07) is 6.01. The van der Waals surface area contributed by atoms with E-state index in [2.05, 4.69) is 13.0 Å². The number of fused-ring (bicyclic) bond motifs is 1. The lowest BCUT2D eigenvalue weighted by Gasteiger charge is -2.34. The molecule has 0 aromatic heterocycles. The number of nitrogens with zero attached hydrogens (tertiary/aromatic N) is 1. The minimum atomic E-state index is -3.15. The quantitative estimate of drug-likeness (QED) is 0.905. The molecular weight excluding hydrogens is 298 g/mol. The molecule has 1 unspecified atom stereocenters. The molecule has 1 aromatic carbocycles. The summed E-state index contributed by atoms with van der Waals surface area (Å²) in [5.41, 5.74) is 2.35. The molecule has 1 heterocycles. The maximum absolute atomic E-state index is 11.7. The van der Waals surface area contributed by atoms with Crippen molar-refractivity contribution in [2.75, 3.05) is 12.8 Å². The molecule has 5 heteroatoms. The van der Waals surface area contributed by atoms with Crippen LogP contribution in [0.3, 0.4) is 0 Å². The number of aliphatic hydroxyl groups is 1.